The summed E-state index contributed by atoms with van der Waals surface area (Å²) in [5.41, 5.74) is 8.13. The fourth-order valence-corrected chi connectivity index (χ4v) is 4.08. The summed E-state index contributed by atoms with van der Waals surface area (Å²) in [6, 6.07) is 8.87. The first-order valence-corrected chi connectivity index (χ1v) is 9.11. The first-order chi connectivity index (χ1) is 11.2. The van der Waals surface area contributed by atoms with Gasteiger partial charge < -0.3 is 11.1 Å². The number of thiazole rings is 1. The number of rotatable bonds is 6. The van der Waals surface area contributed by atoms with Crippen LogP contribution in [-0.4, -0.2) is 17.4 Å². The van der Waals surface area contributed by atoms with E-state index >= 15 is 0 Å². The number of benzene rings is 1. The van der Waals surface area contributed by atoms with Gasteiger partial charge in [-0.2, -0.15) is 0 Å². The lowest BCUT2D eigenvalue weighted by Crippen LogP contribution is -2.34. The number of nitrogens with one attached hydrogen (secondary N) is 1. The van der Waals surface area contributed by atoms with Crippen LogP contribution in [0.1, 0.15) is 46.4 Å². The minimum atomic E-state index is -0.594. The van der Waals surface area contributed by atoms with Gasteiger partial charge >= 0.3 is 0 Å². The fraction of sp³-hybridized carbons (Fsp3) is 0.444. The molecule has 1 unspecified atom stereocenters. The predicted molar refractivity (Wildman–Crippen MR) is 101 cm³/mol. The summed E-state index contributed by atoms with van der Waals surface area (Å²) in [5.74, 6) is -0.116. The first kappa shape index (κ1) is 18.9. The normalized spacial score (nSPS) is 14.4. The Hall–Kier alpha value is -1.43. The molecule has 1 aromatic carbocycles. The maximum absolute atomic E-state index is 12.1. The number of hydrogen-bond donors (Lipinski definition) is 2. The van der Waals surface area contributed by atoms with Crippen LogP contribution in [0.25, 0.3) is 0 Å². The number of hydrogen-bond acceptors (Lipinski definition) is 4. The molecule has 1 aliphatic rings. The monoisotopic (exact) mass is 365 g/mol. The van der Waals surface area contributed by atoms with E-state index in [0.717, 1.165) is 24.8 Å². The quantitative estimate of drug-likeness (QED) is 0.772. The van der Waals surface area contributed by atoms with Gasteiger partial charge in [-0.05, 0) is 37.7 Å². The van der Waals surface area contributed by atoms with Crippen molar-refractivity contribution < 1.29 is 4.79 Å². The number of nitrogens with zero attached hydrogens (tertiary/aromatic N) is 1. The first-order valence-electron chi connectivity index (χ1n) is 8.30. The van der Waals surface area contributed by atoms with E-state index in [1.165, 1.54) is 34.8 Å². The van der Waals surface area contributed by atoms with E-state index in [9.17, 15) is 4.79 Å². The van der Waals surface area contributed by atoms with Crippen LogP contribution in [-0.2, 0) is 24.1 Å². The van der Waals surface area contributed by atoms with Crippen LogP contribution in [0.15, 0.2) is 30.3 Å². The Morgan fingerprint density at radius 1 is 1.25 bits per heavy atom. The molecule has 1 amide bonds. The number of aromatic nitrogens is 1. The molecular weight excluding hydrogens is 342 g/mol. The summed E-state index contributed by atoms with van der Waals surface area (Å²) in [4.78, 5) is 18.3. The van der Waals surface area contributed by atoms with Gasteiger partial charge in [-0.1, -0.05) is 30.3 Å². The van der Waals surface area contributed by atoms with E-state index in [2.05, 4.69) is 5.32 Å². The predicted octanol–water partition coefficient (Wildman–Crippen LogP) is 3.19. The smallest absolute Gasteiger partial charge is 0.241 e. The molecule has 2 aromatic rings. The summed E-state index contributed by atoms with van der Waals surface area (Å²) in [5, 5.41) is 4.13. The van der Waals surface area contributed by atoms with Crippen molar-refractivity contribution in [2.45, 2.75) is 44.6 Å². The maximum Gasteiger partial charge on any atom is 0.241 e. The number of halogens is 1. The minimum absolute atomic E-state index is 0. The molecule has 4 nitrogen and oxygen atoms in total. The van der Waals surface area contributed by atoms with Gasteiger partial charge in [0.2, 0.25) is 5.91 Å². The average Bonchev–Trinajstić information content (AvgIpc) is 3.01. The second-order valence-corrected chi connectivity index (χ2v) is 7.14. The highest BCUT2D eigenvalue weighted by Crippen LogP contribution is 2.27. The van der Waals surface area contributed by atoms with Crippen LogP contribution >= 0.6 is 23.7 Å². The van der Waals surface area contributed by atoms with Crippen LogP contribution in [0.5, 0.6) is 0 Å². The highest BCUT2D eigenvalue weighted by Gasteiger charge is 2.16. The van der Waals surface area contributed by atoms with E-state index in [4.69, 9.17) is 10.7 Å². The van der Waals surface area contributed by atoms with Crippen molar-refractivity contribution in [1.29, 1.82) is 0 Å². The zero-order valence-electron chi connectivity index (χ0n) is 13.7. The molecule has 3 N–H and O–H groups in total. The summed E-state index contributed by atoms with van der Waals surface area (Å²) in [6.07, 6.45) is 6.72. The molecule has 0 spiro atoms. The summed E-state index contributed by atoms with van der Waals surface area (Å²) < 4.78 is 0. The van der Waals surface area contributed by atoms with E-state index in [1.807, 2.05) is 41.7 Å². The zero-order chi connectivity index (χ0) is 16.1. The molecule has 1 aliphatic carbocycles. The van der Waals surface area contributed by atoms with Gasteiger partial charge in [-0.25, -0.2) is 4.98 Å². The maximum atomic E-state index is 12.1. The van der Waals surface area contributed by atoms with Gasteiger partial charge in [0.1, 0.15) is 6.04 Å². The lowest BCUT2D eigenvalue weighted by atomic mass is 10.0. The van der Waals surface area contributed by atoms with Crippen molar-refractivity contribution in [3.05, 3.63) is 51.5 Å². The molecule has 1 aromatic heterocycles. The molecule has 0 aliphatic heterocycles. The highest BCUT2D eigenvalue weighted by atomic mass is 35.5. The third-order valence-corrected chi connectivity index (χ3v) is 5.41. The Morgan fingerprint density at radius 2 is 2.00 bits per heavy atom. The number of aryl methyl sites for hydroxylation is 3. The van der Waals surface area contributed by atoms with Gasteiger partial charge in [0.05, 0.1) is 10.7 Å². The zero-order valence-corrected chi connectivity index (χ0v) is 15.3. The molecule has 0 bridgehead atoms. The summed E-state index contributed by atoms with van der Waals surface area (Å²) in [6.45, 7) is 0.642. The van der Waals surface area contributed by atoms with Gasteiger partial charge in [-0.3, -0.25) is 4.79 Å². The van der Waals surface area contributed by atoms with Crippen molar-refractivity contribution in [3.8, 4) is 0 Å². The number of carbonyl (C=O) groups excluding carboxylic acids is 1. The molecule has 130 valence electrons. The fourth-order valence-electron chi connectivity index (χ4n) is 2.89. The molecule has 1 heterocycles. The Balaban J connectivity index is 0.00000208. The summed E-state index contributed by atoms with van der Waals surface area (Å²) in [7, 11) is 0. The molecule has 3 rings (SSSR count). The number of amides is 1. The van der Waals surface area contributed by atoms with Gasteiger partial charge in [0.15, 0.2) is 0 Å². The van der Waals surface area contributed by atoms with Crippen molar-refractivity contribution >= 4 is 29.7 Å². The molecule has 0 fully saturated rings. The SMILES string of the molecule is Cl.NC(C(=O)NCCCc1nc2c(s1)CCCC2)c1ccccc1. The van der Waals surface area contributed by atoms with Crippen molar-refractivity contribution in [3.63, 3.8) is 0 Å². The Labute approximate surface area is 153 Å². The number of fused-ring (bicyclic) bond motifs is 1. The van der Waals surface area contributed by atoms with Crippen molar-refractivity contribution in [2.75, 3.05) is 6.54 Å². The molecule has 0 saturated carbocycles. The van der Waals surface area contributed by atoms with Crippen LogP contribution in [0.2, 0.25) is 0 Å². The third kappa shape index (κ3) is 4.79. The van der Waals surface area contributed by atoms with Crippen molar-refractivity contribution in [2.24, 2.45) is 5.73 Å². The minimum Gasteiger partial charge on any atom is -0.354 e. The van der Waals surface area contributed by atoms with Gasteiger partial charge in [0, 0.05) is 17.8 Å². The third-order valence-electron chi connectivity index (χ3n) is 4.20. The lowest BCUT2D eigenvalue weighted by Gasteiger charge is -2.12. The Bertz CT molecular complexity index is 636. The molecule has 1 atom stereocenters. The molecular formula is C18H24ClN3OS. The largest absolute Gasteiger partial charge is 0.354 e. The summed E-state index contributed by atoms with van der Waals surface area (Å²) >= 11 is 1.85. The standard InChI is InChI=1S/C18H23N3OS.ClH/c19-17(13-7-2-1-3-8-13)18(22)20-12-6-11-16-21-14-9-4-5-10-15(14)23-16;/h1-3,7-8,17H,4-6,9-12,19H2,(H,20,22);1H. The van der Waals surface area contributed by atoms with E-state index in [-0.39, 0.29) is 18.3 Å². The number of nitrogens with two attached hydrogens (primary N) is 1. The van der Waals surface area contributed by atoms with Crippen LogP contribution in [0.3, 0.4) is 0 Å². The molecule has 24 heavy (non-hydrogen) atoms. The van der Waals surface area contributed by atoms with E-state index < -0.39 is 6.04 Å². The van der Waals surface area contributed by atoms with Gasteiger partial charge in [0.25, 0.3) is 0 Å². The highest BCUT2D eigenvalue weighted by molar-refractivity contribution is 7.11. The second kappa shape index (κ2) is 9.16. The molecule has 0 saturated heterocycles. The van der Waals surface area contributed by atoms with Crippen LogP contribution in [0, 0.1) is 0 Å². The molecule has 0 radical (unpaired) electrons. The van der Waals surface area contributed by atoms with E-state index in [0.29, 0.717) is 6.54 Å². The average molecular weight is 366 g/mol. The van der Waals surface area contributed by atoms with E-state index in [1.54, 1.807) is 0 Å². The topological polar surface area (TPSA) is 68.0 Å². The Morgan fingerprint density at radius 3 is 2.75 bits per heavy atom. The van der Waals surface area contributed by atoms with Crippen molar-refractivity contribution in [1.82, 2.24) is 10.3 Å². The van der Waals surface area contributed by atoms with Crippen LogP contribution < -0.4 is 11.1 Å². The van der Waals surface area contributed by atoms with Crippen LogP contribution in [0.4, 0.5) is 0 Å². The second-order valence-electron chi connectivity index (χ2n) is 5.97. The number of carbonyl (C=O) groups is 1. The Kier molecular flexibility index (Phi) is 7.21. The lowest BCUT2D eigenvalue weighted by molar-refractivity contribution is -0.122. The molecule has 6 heteroatoms. The van der Waals surface area contributed by atoms with Gasteiger partial charge in [-0.15, -0.1) is 23.7 Å².